The van der Waals surface area contributed by atoms with Crippen molar-refractivity contribution in [2.75, 3.05) is 0 Å². The third-order valence-electron chi connectivity index (χ3n) is 1.12. The van der Waals surface area contributed by atoms with Crippen LogP contribution in [-0.4, -0.2) is 27.3 Å². The highest BCUT2D eigenvalue weighted by atomic mass is 31.2. The van der Waals surface area contributed by atoms with Crippen molar-refractivity contribution < 1.29 is 33.5 Å². The van der Waals surface area contributed by atoms with Gasteiger partial charge in [-0.3, -0.25) is 0 Å². The van der Waals surface area contributed by atoms with Crippen molar-refractivity contribution in [2.45, 2.75) is 11.9 Å². The van der Waals surface area contributed by atoms with E-state index in [0.29, 0.717) is 0 Å². The molecule has 0 unspecified atom stereocenters. The summed E-state index contributed by atoms with van der Waals surface area (Å²) in [6.07, 6.45) is 0. The van der Waals surface area contributed by atoms with Crippen LogP contribution in [0.1, 0.15) is 0 Å². The highest BCUT2D eigenvalue weighted by Crippen LogP contribution is 2.75. The molecule has 3 aliphatic rings. The van der Waals surface area contributed by atoms with Crippen LogP contribution in [0.25, 0.3) is 0 Å². The van der Waals surface area contributed by atoms with Crippen LogP contribution >= 0.6 is 7.82 Å². The van der Waals surface area contributed by atoms with E-state index in [0.717, 1.165) is 0 Å². The summed E-state index contributed by atoms with van der Waals surface area (Å²) in [4.78, 5) is 0. The maximum atomic E-state index is 10.6. The molecule has 3 N–H and O–H groups in total. The fourth-order valence-corrected chi connectivity index (χ4v) is 2.04. The van der Waals surface area contributed by atoms with Gasteiger partial charge >= 0.3 is 19.8 Å². The van der Waals surface area contributed by atoms with E-state index in [1.807, 2.05) is 0 Å². The second kappa shape index (κ2) is 1.30. The van der Waals surface area contributed by atoms with Crippen molar-refractivity contribution >= 4 is 7.82 Å². The van der Waals surface area contributed by atoms with Crippen LogP contribution in [0.5, 0.6) is 0 Å². The lowest BCUT2D eigenvalue weighted by molar-refractivity contribution is -0.456. The van der Waals surface area contributed by atoms with E-state index in [9.17, 15) is 4.57 Å². The van der Waals surface area contributed by atoms with Crippen molar-refractivity contribution in [1.82, 2.24) is 0 Å². The van der Waals surface area contributed by atoms with Gasteiger partial charge in [-0.15, -0.1) is 0 Å². The Morgan fingerprint density at radius 3 is 1.70 bits per heavy atom. The lowest BCUT2D eigenvalue weighted by Gasteiger charge is -2.29. The van der Waals surface area contributed by atoms with Crippen molar-refractivity contribution in [3.05, 3.63) is 0 Å². The van der Waals surface area contributed by atoms with Gasteiger partial charge in [0.1, 0.15) is 0 Å². The van der Waals surface area contributed by atoms with Gasteiger partial charge in [-0.05, 0) is 0 Å². The molecule has 3 saturated heterocycles. The molecule has 3 fully saturated rings. The summed E-state index contributed by atoms with van der Waals surface area (Å²) in [5.41, 5.74) is 0. The number of fused-ring (bicyclic) bond motifs is 1. The Morgan fingerprint density at radius 1 is 1.10 bits per heavy atom. The van der Waals surface area contributed by atoms with Crippen LogP contribution in [0.4, 0.5) is 0 Å². The van der Waals surface area contributed by atoms with Gasteiger partial charge in [-0.25, -0.2) is 18.1 Å². The molecule has 58 valence electrons. The maximum Gasteiger partial charge on any atom is 0.488 e. The lowest BCUT2D eigenvalue weighted by atomic mass is 10.5. The predicted octanol–water partition coefficient (Wildman–Crippen LogP) is -1.54. The zero-order valence-electron chi connectivity index (χ0n) is 4.42. The first-order valence-corrected chi connectivity index (χ1v) is 3.72. The SMILES string of the molecule is O=P12OC(O)(O)C(O)(O1)O2. The van der Waals surface area contributed by atoms with Crippen molar-refractivity contribution in [2.24, 2.45) is 0 Å². The van der Waals surface area contributed by atoms with Gasteiger partial charge in [-0.2, -0.15) is 0 Å². The molecule has 0 aromatic heterocycles. The fraction of sp³-hybridized carbons (Fsp3) is 1.00. The van der Waals surface area contributed by atoms with E-state index in [1.54, 1.807) is 0 Å². The molecule has 7 nitrogen and oxygen atoms in total. The topological polar surface area (TPSA) is 105 Å². The van der Waals surface area contributed by atoms with Crippen molar-refractivity contribution in [3.8, 4) is 0 Å². The van der Waals surface area contributed by atoms with Crippen LogP contribution in [0.3, 0.4) is 0 Å². The van der Waals surface area contributed by atoms with Gasteiger partial charge in [0, 0.05) is 0 Å². The Balaban J connectivity index is 2.41. The molecule has 3 aliphatic heterocycles. The molecule has 0 spiro atoms. The molecule has 0 saturated carbocycles. The molecular weight excluding hydrogens is 167 g/mol. The van der Waals surface area contributed by atoms with E-state index >= 15 is 0 Å². The zero-order chi connectivity index (χ0) is 7.62. The molecule has 3 heterocycles. The molecule has 0 radical (unpaired) electrons. The average molecular weight is 170 g/mol. The van der Waals surface area contributed by atoms with Gasteiger partial charge in [0.25, 0.3) is 0 Å². The number of phosphoric ester groups is 1. The average Bonchev–Trinajstić information content (AvgIpc) is 1.79. The summed E-state index contributed by atoms with van der Waals surface area (Å²) < 4.78 is 22.5. The molecule has 0 amide bonds. The van der Waals surface area contributed by atoms with E-state index < -0.39 is 19.8 Å². The summed E-state index contributed by atoms with van der Waals surface area (Å²) in [7, 11) is -3.84. The van der Waals surface area contributed by atoms with Gasteiger partial charge in [0.15, 0.2) is 0 Å². The summed E-state index contributed by atoms with van der Waals surface area (Å²) in [6, 6.07) is 0. The molecule has 10 heavy (non-hydrogen) atoms. The van der Waals surface area contributed by atoms with Crippen LogP contribution in [0.2, 0.25) is 0 Å². The Morgan fingerprint density at radius 2 is 1.60 bits per heavy atom. The number of rotatable bonds is 0. The monoisotopic (exact) mass is 170 g/mol. The minimum atomic E-state index is -3.84. The number of hydrogen-bond donors (Lipinski definition) is 3. The minimum Gasteiger partial charge on any atom is -0.337 e. The Bertz CT molecular complexity index is 219. The van der Waals surface area contributed by atoms with E-state index in [4.69, 9.17) is 15.3 Å². The standard InChI is InChI=1S/C2H3O7P/c3-1(4)2(5)8-10(6,7-1)9-2/h3-5H. The third kappa shape index (κ3) is 0.536. The zero-order valence-corrected chi connectivity index (χ0v) is 5.32. The van der Waals surface area contributed by atoms with Crippen LogP contribution < -0.4 is 0 Å². The van der Waals surface area contributed by atoms with E-state index in [1.165, 1.54) is 0 Å². The quantitative estimate of drug-likeness (QED) is 0.298. The smallest absolute Gasteiger partial charge is 0.337 e. The fourth-order valence-electron chi connectivity index (χ4n) is 0.680. The molecular formula is C2H3O7P. The molecule has 0 atom stereocenters. The molecule has 2 bridgehead atoms. The molecule has 0 aliphatic carbocycles. The van der Waals surface area contributed by atoms with Crippen molar-refractivity contribution in [3.63, 3.8) is 0 Å². The Kier molecular flexibility index (Phi) is 0.871. The number of aliphatic hydroxyl groups is 3. The summed E-state index contributed by atoms with van der Waals surface area (Å²) in [5, 5.41) is 25.9. The minimum absolute atomic E-state index is 2.68. The largest absolute Gasteiger partial charge is 0.488 e. The molecule has 3 rings (SSSR count). The first kappa shape index (κ1) is 6.68. The van der Waals surface area contributed by atoms with E-state index in [2.05, 4.69) is 13.6 Å². The van der Waals surface area contributed by atoms with Gasteiger partial charge in [0.2, 0.25) is 0 Å². The van der Waals surface area contributed by atoms with Crippen LogP contribution in [0.15, 0.2) is 0 Å². The number of phosphoric acid groups is 1. The Hall–Kier alpha value is -0.0100. The highest BCUT2D eigenvalue weighted by molar-refractivity contribution is 7.50. The molecule has 8 heteroatoms. The molecule has 0 aromatic rings. The summed E-state index contributed by atoms with van der Waals surface area (Å²) >= 11 is 0. The normalized spacial score (nSPS) is 56.3. The second-order valence-electron chi connectivity index (χ2n) is 1.91. The first-order valence-electron chi connectivity index (χ1n) is 2.26. The maximum absolute atomic E-state index is 10.6. The van der Waals surface area contributed by atoms with E-state index in [-0.39, 0.29) is 0 Å². The van der Waals surface area contributed by atoms with Crippen molar-refractivity contribution in [1.29, 1.82) is 0 Å². The highest BCUT2D eigenvalue weighted by Gasteiger charge is 2.80. The van der Waals surface area contributed by atoms with Gasteiger partial charge < -0.3 is 15.3 Å². The molecule has 0 aromatic carbocycles. The summed E-state index contributed by atoms with van der Waals surface area (Å²) in [6.45, 7) is 0. The predicted molar refractivity (Wildman–Crippen MR) is 23.0 cm³/mol. The van der Waals surface area contributed by atoms with Crippen LogP contribution in [0, 0.1) is 0 Å². The van der Waals surface area contributed by atoms with Gasteiger partial charge in [-0.1, -0.05) is 0 Å². The first-order chi connectivity index (χ1) is 4.37. The number of hydrogen-bond acceptors (Lipinski definition) is 7. The Labute approximate surface area is 54.4 Å². The van der Waals surface area contributed by atoms with Crippen LogP contribution in [-0.2, 0) is 18.1 Å². The second-order valence-corrected chi connectivity index (χ2v) is 3.35. The summed E-state index contributed by atoms with van der Waals surface area (Å²) in [5.74, 6) is -5.70. The van der Waals surface area contributed by atoms with Gasteiger partial charge in [0.05, 0.1) is 0 Å². The third-order valence-corrected chi connectivity index (χ3v) is 2.54. The lowest BCUT2D eigenvalue weighted by Crippen LogP contribution is -2.53.